The third-order valence-corrected chi connectivity index (χ3v) is 2.71. The Morgan fingerprint density at radius 3 is 0.889 bits per heavy atom. The second kappa shape index (κ2) is 30.8. The molecule has 0 aromatic carbocycles. The Hall–Kier alpha value is 2.63. The van der Waals surface area contributed by atoms with Crippen LogP contribution in [0.15, 0.2) is 0 Å². The summed E-state index contributed by atoms with van der Waals surface area (Å²) in [6.07, 6.45) is 16.0. The van der Waals surface area contributed by atoms with Gasteiger partial charge in [0, 0.05) is 0 Å². The van der Waals surface area contributed by atoms with E-state index in [0.29, 0.717) is 0 Å². The van der Waals surface area contributed by atoms with Crippen LogP contribution in [-0.2, 0) is 23.6 Å². The van der Waals surface area contributed by atoms with E-state index in [-0.39, 0.29) is 48.9 Å². The van der Waals surface area contributed by atoms with Gasteiger partial charge in [0.2, 0.25) is 0 Å². The Morgan fingerprint density at radius 1 is 0.556 bits per heavy atom. The maximum absolute atomic E-state index is 7.56. The van der Waals surface area contributed by atoms with Gasteiger partial charge in [-0.2, -0.15) is 12.8 Å². The molecule has 11 heteroatoms. The molecule has 0 saturated carbocycles. The summed E-state index contributed by atoms with van der Waals surface area (Å²) < 4.78 is 0. The molecule has 0 unspecified atom stereocenters. The van der Waals surface area contributed by atoms with Crippen molar-refractivity contribution in [2.45, 2.75) is 90.9 Å². The SMILES string of the molecule is OP(O)(O)=S.OP(O)(O)=S.[Ba+2].[CH2-]CCCCCCC.[CH2-]CCCCCCC. The van der Waals surface area contributed by atoms with Crippen molar-refractivity contribution in [2.24, 2.45) is 0 Å². The topological polar surface area (TPSA) is 121 Å². The molecular weight excluding hydrogens is 552 g/mol. The zero-order valence-electron chi connectivity index (χ0n) is 17.0. The quantitative estimate of drug-likeness (QED) is 0.0960. The van der Waals surface area contributed by atoms with Crippen LogP contribution in [0.25, 0.3) is 0 Å². The van der Waals surface area contributed by atoms with Crippen molar-refractivity contribution in [1.29, 1.82) is 0 Å². The zero-order valence-corrected chi connectivity index (χ0v) is 24.9. The molecule has 164 valence electrons. The summed E-state index contributed by atoms with van der Waals surface area (Å²) >= 11 is 7.21. The van der Waals surface area contributed by atoms with Crippen LogP contribution in [0.5, 0.6) is 0 Å². The van der Waals surface area contributed by atoms with Gasteiger partial charge < -0.3 is 43.2 Å². The van der Waals surface area contributed by atoms with Crippen molar-refractivity contribution < 1.29 is 29.4 Å². The minimum Gasteiger partial charge on any atom is -0.343 e. The van der Waals surface area contributed by atoms with E-state index in [1.807, 2.05) is 0 Å². The molecule has 0 aromatic rings. The van der Waals surface area contributed by atoms with Crippen molar-refractivity contribution in [3.05, 3.63) is 13.8 Å². The molecule has 6 nitrogen and oxygen atoms in total. The normalized spacial score (nSPS) is 10.1. The molecule has 0 bridgehead atoms. The predicted molar refractivity (Wildman–Crippen MR) is 125 cm³/mol. The number of rotatable bonds is 10. The Balaban J connectivity index is -0.0000000807. The first kappa shape index (κ1) is 40.0. The molecule has 0 radical (unpaired) electrons. The summed E-state index contributed by atoms with van der Waals surface area (Å²) in [6, 6.07) is 0. The van der Waals surface area contributed by atoms with Crippen LogP contribution >= 0.6 is 13.4 Å². The van der Waals surface area contributed by atoms with Crippen LogP contribution < -0.4 is 0 Å². The van der Waals surface area contributed by atoms with E-state index < -0.39 is 13.4 Å². The molecule has 0 aliphatic carbocycles. The molecule has 0 aliphatic heterocycles. The van der Waals surface area contributed by atoms with Gasteiger partial charge in [-0.3, -0.25) is 0 Å². The minimum atomic E-state index is -3.81. The van der Waals surface area contributed by atoms with Crippen molar-refractivity contribution >= 4 is 85.9 Å². The summed E-state index contributed by atoms with van der Waals surface area (Å²) in [6.45, 7) is 4.44. The first-order chi connectivity index (χ1) is 11.8. The molecule has 0 spiro atoms. The Morgan fingerprint density at radius 2 is 0.741 bits per heavy atom. The molecule has 27 heavy (non-hydrogen) atoms. The maximum atomic E-state index is 7.56. The average molecular weight is 592 g/mol. The summed E-state index contributed by atoms with van der Waals surface area (Å²) in [4.78, 5) is 45.3. The average Bonchev–Trinajstić information content (AvgIpc) is 2.46. The van der Waals surface area contributed by atoms with Crippen LogP contribution in [0.3, 0.4) is 0 Å². The van der Waals surface area contributed by atoms with Crippen LogP contribution in [0.1, 0.15) is 90.9 Å². The fraction of sp³-hybridized carbons (Fsp3) is 0.875. The number of unbranched alkanes of at least 4 members (excludes halogenated alkanes) is 10. The molecule has 0 atom stereocenters. The fourth-order valence-electron chi connectivity index (χ4n) is 1.56. The monoisotopic (exact) mass is 592 g/mol. The third-order valence-electron chi connectivity index (χ3n) is 2.71. The molecule has 0 amide bonds. The summed E-state index contributed by atoms with van der Waals surface area (Å²) in [5.74, 6) is 0. The second-order valence-corrected chi connectivity index (χ2v) is 10.6. The van der Waals surface area contributed by atoms with E-state index in [1.165, 1.54) is 64.2 Å². The summed E-state index contributed by atoms with van der Waals surface area (Å²) in [5, 5.41) is 0. The van der Waals surface area contributed by atoms with E-state index in [4.69, 9.17) is 29.4 Å². The van der Waals surface area contributed by atoms with E-state index >= 15 is 0 Å². The predicted octanol–water partition coefficient (Wildman–Crippen LogP) is 4.36. The van der Waals surface area contributed by atoms with Crippen molar-refractivity contribution in [3.63, 3.8) is 0 Å². The zero-order chi connectivity index (χ0) is 21.5. The molecule has 0 saturated heterocycles. The molecule has 0 fully saturated rings. The first-order valence-corrected chi connectivity index (χ1v) is 14.3. The molecule has 0 heterocycles. The minimum absolute atomic E-state index is 0. The van der Waals surface area contributed by atoms with Gasteiger partial charge in [-0.15, -0.1) is 0 Å². The van der Waals surface area contributed by atoms with E-state index in [0.717, 1.165) is 12.8 Å². The number of hydrogen-bond acceptors (Lipinski definition) is 2. The van der Waals surface area contributed by atoms with Crippen molar-refractivity contribution in [2.75, 3.05) is 0 Å². The van der Waals surface area contributed by atoms with Gasteiger partial charge >= 0.3 is 62.3 Å². The van der Waals surface area contributed by atoms with Crippen LogP contribution in [-0.4, -0.2) is 78.2 Å². The Bertz CT molecular complexity index is 280. The van der Waals surface area contributed by atoms with Gasteiger partial charge in [0.05, 0.1) is 0 Å². The molecule has 0 aliphatic rings. The Labute approximate surface area is 217 Å². The van der Waals surface area contributed by atoms with Crippen LogP contribution in [0.2, 0.25) is 0 Å². The van der Waals surface area contributed by atoms with E-state index in [1.54, 1.807) is 0 Å². The molecule has 0 aromatic heterocycles. The molecule has 6 N–H and O–H groups in total. The molecule has 0 rings (SSSR count). The number of hydrogen-bond donors (Lipinski definition) is 6. The third kappa shape index (κ3) is 127. The van der Waals surface area contributed by atoms with E-state index in [2.05, 4.69) is 51.3 Å². The van der Waals surface area contributed by atoms with Gasteiger partial charge in [0.15, 0.2) is 0 Å². The first-order valence-electron chi connectivity index (χ1n) is 8.98. The summed E-state index contributed by atoms with van der Waals surface area (Å²) in [5.41, 5.74) is 0. The summed E-state index contributed by atoms with van der Waals surface area (Å²) in [7, 11) is 0. The molecular formula is C16H40BaO6P2S2. The van der Waals surface area contributed by atoms with Gasteiger partial charge in [-0.05, 0) is 23.6 Å². The smallest absolute Gasteiger partial charge is 0.343 e. The van der Waals surface area contributed by atoms with Gasteiger partial charge in [-0.1, -0.05) is 78.1 Å². The van der Waals surface area contributed by atoms with Crippen LogP contribution in [0.4, 0.5) is 0 Å². The van der Waals surface area contributed by atoms with Crippen LogP contribution in [0, 0.1) is 13.8 Å². The standard InChI is InChI=1S/2C8H17.Ba.2H3O3PS/c2*1-3-5-7-8-6-4-2;;2*1-4(2,3)5/h2*1,3-8H2,2H3;;2*(H3,1,2,3,5)/q2*-1;+2;;. The van der Waals surface area contributed by atoms with Gasteiger partial charge in [0.1, 0.15) is 0 Å². The van der Waals surface area contributed by atoms with Crippen molar-refractivity contribution in [1.82, 2.24) is 0 Å². The maximum Gasteiger partial charge on any atom is 2.00 e. The fourth-order valence-corrected chi connectivity index (χ4v) is 1.56. The van der Waals surface area contributed by atoms with Gasteiger partial charge in [0.25, 0.3) is 0 Å². The second-order valence-electron chi connectivity index (χ2n) is 5.56. The Kier molecular flexibility index (Phi) is 45.7. The van der Waals surface area contributed by atoms with Crippen molar-refractivity contribution in [3.8, 4) is 0 Å². The van der Waals surface area contributed by atoms with Gasteiger partial charge in [-0.25, -0.2) is 0 Å². The largest absolute Gasteiger partial charge is 2.00 e. The van der Waals surface area contributed by atoms with E-state index in [9.17, 15) is 0 Å².